The molecule has 0 fully saturated rings. The molecular weight excluding hydrogens is 756 g/mol. The predicted octanol–water partition coefficient (Wildman–Crippen LogP) is 4.40. The fourth-order valence-corrected chi connectivity index (χ4v) is 4.70. The summed E-state index contributed by atoms with van der Waals surface area (Å²) in [5.41, 5.74) is 2.49. The van der Waals surface area contributed by atoms with Crippen molar-refractivity contribution in [3.63, 3.8) is 0 Å². The maximum atomic E-state index is 12.9. The van der Waals surface area contributed by atoms with Crippen LogP contribution in [-0.2, 0) is 68.1 Å². The summed E-state index contributed by atoms with van der Waals surface area (Å²) in [6, 6.07) is 13.4. The molecule has 58 heavy (non-hydrogen) atoms. The van der Waals surface area contributed by atoms with E-state index in [-0.39, 0.29) is 67.9 Å². The number of hydrogen-bond donors (Lipinski definition) is 2. The van der Waals surface area contributed by atoms with Crippen LogP contribution in [0.1, 0.15) is 33.4 Å². The third kappa shape index (κ3) is 16.7. The number of rotatable bonds is 18. The van der Waals surface area contributed by atoms with E-state index in [2.05, 4.69) is 10.6 Å². The van der Waals surface area contributed by atoms with Crippen LogP contribution in [0.5, 0.6) is 5.75 Å². The van der Waals surface area contributed by atoms with E-state index in [4.69, 9.17) is 64.5 Å². The van der Waals surface area contributed by atoms with E-state index in [0.717, 1.165) is 0 Å². The van der Waals surface area contributed by atoms with Crippen LogP contribution >= 0.6 is 0 Å². The Balaban J connectivity index is 1.67. The van der Waals surface area contributed by atoms with Crippen molar-refractivity contribution in [2.24, 2.45) is 0 Å². The molecule has 296 valence electrons. The number of ether oxygens (including phenoxy) is 7. The molecule has 3 amide bonds. The van der Waals surface area contributed by atoms with Gasteiger partial charge < -0.3 is 43.0 Å². The van der Waals surface area contributed by atoms with Gasteiger partial charge in [-0.2, -0.15) is 0 Å². The van der Waals surface area contributed by atoms with E-state index in [9.17, 15) is 33.6 Å². The summed E-state index contributed by atoms with van der Waals surface area (Å²) in [5.74, 6) is -4.12. The first-order valence-electron chi connectivity index (χ1n) is 17.0. The lowest BCUT2D eigenvalue weighted by molar-refractivity contribution is 0.152. The molecule has 0 atom stereocenters. The number of likely N-dealkylation sites (N-methyl/N-ethyl adjacent to an activating group) is 2. The molecule has 0 saturated carbocycles. The van der Waals surface area contributed by atoms with Gasteiger partial charge in [0.2, 0.25) is 54.9 Å². The number of nitrogens with one attached hydrogen (secondary N) is 2. The standard InChI is InChI=1S/C36H36B4N4O14/c1-43(2)10-11-44(3)36(51)58-29-9-6-23(14-26(29)20-55-33(40)48)17-57-35(50)42-28-8-5-22(13-25(28)19-54-32(39)47)16-56-34(49)41-27-7-4-21(15-52-30(37)45)12-24(27)18-53-31(38)46/h4-9,12-14H,10-11,15-20H2,1-3H3,(H,41,49)(H,42,50). The Morgan fingerprint density at radius 3 is 1.31 bits per heavy atom. The first-order chi connectivity index (χ1) is 27.5. The van der Waals surface area contributed by atoms with E-state index in [1.165, 1.54) is 59.5 Å². The number of amides is 3. The summed E-state index contributed by atoms with van der Waals surface area (Å²) in [5, 5.41) is 5.06. The summed E-state index contributed by atoms with van der Waals surface area (Å²) >= 11 is 0. The van der Waals surface area contributed by atoms with Crippen LogP contribution in [0.3, 0.4) is 0 Å². The molecule has 0 spiro atoms. The summed E-state index contributed by atoms with van der Waals surface area (Å²) in [6.07, 6.45) is -2.48. The molecule has 18 nitrogen and oxygen atoms in total. The molecule has 0 aromatic heterocycles. The first kappa shape index (κ1) is 46.0. The van der Waals surface area contributed by atoms with Crippen molar-refractivity contribution in [1.29, 1.82) is 0 Å². The molecular formula is C36H36B4N4O14. The molecule has 3 aromatic rings. The minimum absolute atomic E-state index is 0.0965. The summed E-state index contributed by atoms with van der Waals surface area (Å²) in [6.45, 7) is -0.827. The zero-order chi connectivity index (χ0) is 42.8. The normalized spacial score (nSPS) is 10.4. The molecule has 22 heteroatoms. The SMILES string of the molecule is [B]C(=O)OCc1ccc(NC(=O)OCc2ccc(NC(=O)OCc3ccc(OC(=O)N(C)CCN(C)C)c(COC([B])=O)c3)c(COC([B])=O)c2)c(COC([B])=O)c1. The molecule has 3 aromatic carbocycles. The van der Waals surface area contributed by atoms with Gasteiger partial charge in [-0.05, 0) is 67.2 Å². The zero-order valence-electron chi connectivity index (χ0n) is 31.8. The van der Waals surface area contributed by atoms with Crippen molar-refractivity contribution in [1.82, 2.24) is 9.80 Å². The van der Waals surface area contributed by atoms with Gasteiger partial charge in [-0.15, -0.1) is 0 Å². The zero-order valence-corrected chi connectivity index (χ0v) is 31.8. The van der Waals surface area contributed by atoms with E-state index >= 15 is 0 Å². The van der Waals surface area contributed by atoms with Gasteiger partial charge in [0.15, 0.2) is 0 Å². The van der Waals surface area contributed by atoms with Crippen LogP contribution in [0.15, 0.2) is 54.6 Å². The van der Waals surface area contributed by atoms with Gasteiger partial charge in [0.1, 0.15) is 45.4 Å². The van der Waals surface area contributed by atoms with Crippen LogP contribution in [-0.4, -0.2) is 117 Å². The van der Waals surface area contributed by atoms with E-state index in [1.807, 2.05) is 19.0 Å². The number of carbonyl (C=O) groups excluding carboxylic acids is 7. The lowest BCUT2D eigenvalue weighted by atomic mass is 10.1. The smallest absolute Gasteiger partial charge is 0.415 e. The summed E-state index contributed by atoms with van der Waals surface area (Å²) in [7, 11) is 25.6. The third-order valence-corrected chi connectivity index (χ3v) is 7.56. The van der Waals surface area contributed by atoms with Crippen LogP contribution < -0.4 is 15.4 Å². The Morgan fingerprint density at radius 1 is 0.500 bits per heavy atom. The van der Waals surface area contributed by atoms with Crippen molar-refractivity contribution in [3.8, 4) is 5.75 Å². The minimum atomic E-state index is -1.09. The average Bonchev–Trinajstić information content (AvgIpc) is 3.16. The highest BCUT2D eigenvalue weighted by Gasteiger charge is 2.18. The molecule has 2 N–H and O–H groups in total. The van der Waals surface area contributed by atoms with Crippen molar-refractivity contribution in [3.05, 3.63) is 88.0 Å². The predicted molar refractivity (Wildman–Crippen MR) is 208 cm³/mol. The molecule has 0 aliphatic heterocycles. The van der Waals surface area contributed by atoms with E-state index < -0.39 is 41.8 Å². The van der Waals surface area contributed by atoms with Gasteiger partial charge in [0.05, 0.1) is 11.4 Å². The van der Waals surface area contributed by atoms with Crippen LogP contribution in [0, 0.1) is 0 Å². The molecule has 0 bridgehead atoms. The monoisotopic (exact) mass is 792 g/mol. The maximum absolute atomic E-state index is 12.9. The van der Waals surface area contributed by atoms with Crippen LogP contribution in [0.4, 0.5) is 44.9 Å². The van der Waals surface area contributed by atoms with Gasteiger partial charge in [0, 0.05) is 36.8 Å². The molecule has 8 radical (unpaired) electrons. The van der Waals surface area contributed by atoms with Crippen molar-refractivity contribution in [2.45, 2.75) is 39.6 Å². The second kappa shape index (κ2) is 23.0. The molecule has 0 heterocycles. The highest BCUT2D eigenvalue weighted by atomic mass is 16.6. The Morgan fingerprint density at radius 2 is 0.879 bits per heavy atom. The van der Waals surface area contributed by atoms with Gasteiger partial charge in [0.25, 0.3) is 0 Å². The van der Waals surface area contributed by atoms with Crippen molar-refractivity contribution in [2.75, 3.05) is 44.9 Å². The molecule has 3 rings (SSSR count). The Hall–Kier alpha value is -6.43. The van der Waals surface area contributed by atoms with Gasteiger partial charge in [-0.1, -0.05) is 18.2 Å². The number of nitrogens with zero attached hydrogens (tertiary/aromatic N) is 2. The number of benzene rings is 3. The molecule has 0 aliphatic rings. The molecule has 0 saturated heterocycles. The maximum Gasteiger partial charge on any atom is 0.415 e. The first-order valence-corrected chi connectivity index (χ1v) is 17.0. The number of anilines is 2. The second-order valence-corrected chi connectivity index (χ2v) is 12.4. The minimum Gasteiger partial charge on any atom is -0.470 e. The number of carbonyl (C=O) groups is 7. The summed E-state index contributed by atoms with van der Waals surface area (Å²) in [4.78, 5) is 86.4. The Labute approximate surface area is 338 Å². The lowest BCUT2D eigenvalue weighted by Gasteiger charge is -2.20. The average molecular weight is 792 g/mol. The fraction of sp³-hybridized carbons (Fsp3) is 0.306. The van der Waals surface area contributed by atoms with Gasteiger partial charge >= 0.3 is 18.3 Å². The topological polar surface area (TPSA) is 215 Å². The van der Waals surface area contributed by atoms with Crippen LogP contribution in [0.2, 0.25) is 0 Å². The van der Waals surface area contributed by atoms with Crippen LogP contribution in [0.25, 0.3) is 0 Å². The Kier molecular flexibility index (Phi) is 18.2. The largest absolute Gasteiger partial charge is 0.470 e. The summed E-state index contributed by atoms with van der Waals surface area (Å²) < 4.78 is 35.6. The fourth-order valence-electron chi connectivity index (χ4n) is 4.70. The second-order valence-electron chi connectivity index (χ2n) is 12.4. The molecule has 0 aliphatic carbocycles. The third-order valence-electron chi connectivity index (χ3n) is 7.56. The van der Waals surface area contributed by atoms with Crippen molar-refractivity contribution >= 4 is 84.5 Å². The van der Waals surface area contributed by atoms with E-state index in [0.29, 0.717) is 35.3 Å². The highest BCUT2D eigenvalue weighted by molar-refractivity contribution is 6.55. The van der Waals surface area contributed by atoms with E-state index in [1.54, 1.807) is 7.05 Å². The van der Waals surface area contributed by atoms with Crippen molar-refractivity contribution < 1.29 is 66.7 Å². The van der Waals surface area contributed by atoms with Gasteiger partial charge in [-0.3, -0.25) is 29.8 Å². The molecule has 0 unspecified atom stereocenters. The lowest BCUT2D eigenvalue weighted by Crippen LogP contribution is -2.35. The Bertz CT molecular complexity index is 1980. The highest BCUT2D eigenvalue weighted by Crippen LogP contribution is 2.25. The van der Waals surface area contributed by atoms with Gasteiger partial charge in [-0.25, -0.2) is 14.4 Å². The number of hydrogen-bond acceptors (Lipinski definition) is 15. The quantitative estimate of drug-likeness (QED) is 0.135.